The van der Waals surface area contributed by atoms with Crippen LogP contribution in [-0.4, -0.2) is 11.5 Å². The molecule has 3 nitrogen and oxygen atoms in total. The smallest absolute Gasteiger partial charge is 0.0954 e. The number of rotatable bonds is 3. The summed E-state index contributed by atoms with van der Waals surface area (Å²) >= 11 is 3.45. The average molecular weight is 320 g/mol. The molecule has 1 saturated carbocycles. The maximum Gasteiger partial charge on any atom is 0.0954 e. The number of halogens is 1. The first-order chi connectivity index (χ1) is 9.24. The van der Waals surface area contributed by atoms with E-state index in [0.717, 1.165) is 39.2 Å². The van der Waals surface area contributed by atoms with Gasteiger partial charge in [-0.25, -0.2) is 0 Å². The Bertz CT molecular complexity index is 591. The molecule has 0 amide bonds. The van der Waals surface area contributed by atoms with E-state index in [2.05, 4.69) is 26.2 Å². The first kappa shape index (κ1) is 12.7. The number of fused-ring (bicyclic) bond motifs is 1. The van der Waals surface area contributed by atoms with Crippen molar-refractivity contribution in [3.63, 3.8) is 0 Å². The van der Waals surface area contributed by atoms with Gasteiger partial charge < -0.3 is 11.1 Å². The molecule has 4 heteroatoms. The fourth-order valence-electron chi connectivity index (χ4n) is 2.83. The SMILES string of the molecule is Nc1ccc(NCC2CCCC2)c2ncc(Br)cc12. The number of aromatic nitrogens is 1. The summed E-state index contributed by atoms with van der Waals surface area (Å²) in [6.45, 7) is 1.04. The summed E-state index contributed by atoms with van der Waals surface area (Å²) in [4.78, 5) is 4.50. The topological polar surface area (TPSA) is 50.9 Å². The highest BCUT2D eigenvalue weighted by molar-refractivity contribution is 9.10. The van der Waals surface area contributed by atoms with Crippen LogP contribution in [0.1, 0.15) is 25.7 Å². The monoisotopic (exact) mass is 319 g/mol. The number of nitrogens with one attached hydrogen (secondary N) is 1. The van der Waals surface area contributed by atoms with Gasteiger partial charge in [0.15, 0.2) is 0 Å². The molecule has 2 aromatic rings. The molecule has 1 aliphatic carbocycles. The minimum atomic E-state index is 0.773. The number of nitrogens with two attached hydrogens (primary N) is 1. The largest absolute Gasteiger partial charge is 0.398 e. The molecule has 0 radical (unpaired) electrons. The zero-order chi connectivity index (χ0) is 13.2. The lowest BCUT2D eigenvalue weighted by Crippen LogP contribution is -2.11. The van der Waals surface area contributed by atoms with Crippen molar-refractivity contribution < 1.29 is 0 Å². The van der Waals surface area contributed by atoms with E-state index >= 15 is 0 Å². The van der Waals surface area contributed by atoms with E-state index in [-0.39, 0.29) is 0 Å². The molecular formula is C15H18BrN3. The summed E-state index contributed by atoms with van der Waals surface area (Å²) in [7, 11) is 0. The number of benzene rings is 1. The van der Waals surface area contributed by atoms with Crippen molar-refractivity contribution in [3.05, 3.63) is 28.9 Å². The summed E-state index contributed by atoms with van der Waals surface area (Å²) in [5.41, 5.74) is 8.84. The lowest BCUT2D eigenvalue weighted by molar-refractivity contribution is 0.580. The predicted molar refractivity (Wildman–Crippen MR) is 84.3 cm³/mol. The number of pyridine rings is 1. The van der Waals surface area contributed by atoms with Crippen LogP contribution in [-0.2, 0) is 0 Å². The van der Waals surface area contributed by atoms with E-state index in [4.69, 9.17) is 5.73 Å². The summed E-state index contributed by atoms with van der Waals surface area (Å²) in [5, 5.41) is 4.55. The van der Waals surface area contributed by atoms with E-state index in [9.17, 15) is 0 Å². The Morgan fingerprint density at radius 1 is 1.32 bits per heavy atom. The molecule has 0 saturated heterocycles. The van der Waals surface area contributed by atoms with Gasteiger partial charge in [-0.15, -0.1) is 0 Å². The first-order valence-corrected chi connectivity index (χ1v) is 7.61. The van der Waals surface area contributed by atoms with Crippen molar-refractivity contribution in [3.8, 4) is 0 Å². The molecule has 1 aromatic carbocycles. The van der Waals surface area contributed by atoms with Gasteiger partial charge in [0, 0.05) is 28.3 Å². The molecule has 1 aliphatic rings. The third-order valence-corrected chi connectivity index (χ3v) is 4.34. The second kappa shape index (κ2) is 5.37. The number of hydrogen-bond acceptors (Lipinski definition) is 3. The molecule has 19 heavy (non-hydrogen) atoms. The molecule has 3 rings (SSSR count). The Kier molecular flexibility index (Phi) is 3.60. The van der Waals surface area contributed by atoms with Gasteiger partial charge >= 0.3 is 0 Å². The van der Waals surface area contributed by atoms with Crippen LogP contribution < -0.4 is 11.1 Å². The molecule has 1 fully saturated rings. The second-order valence-corrected chi connectivity index (χ2v) is 6.20. The Labute approximate surface area is 121 Å². The molecule has 100 valence electrons. The number of nitrogen functional groups attached to an aromatic ring is 1. The lowest BCUT2D eigenvalue weighted by atomic mass is 10.1. The molecule has 0 bridgehead atoms. The number of nitrogens with zero attached hydrogens (tertiary/aromatic N) is 1. The Morgan fingerprint density at radius 2 is 2.11 bits per heavy atom. The van der Waals surface area contributed by atoms with Gasteiger partial charge in [0.05, 0.1) is 11.2 Å². The minimum Gasteiger partial charge on any atom is -0.398 e. The highest BCUT2D eigenvalue weighted by Gasteiger charge is 2.15. The highest BCUT2D eigenvalue weighted by atomic mass is 79.9. The normalized spacial score (nSPS) is 16.1. The van der Waals surface area contributed by atoms with Crippen LogP contribution in [0.25, 0.3) is 10.9 Å². The molecule has 0 spiro atoms. The van der Waals surface area contributed by atoms with Crippen molar-refractivity contribution in [2.45, 2.75) is 25.7 Å². The molecule has 0 atom stereocenters. The van der Waals surface area contributed by atoms with Gasteiger partial charge in [-0.3, -0.25) is 4.98 Å². The Morgan fingerprint density at radius 3 is 2.89 bits per heavy atom. The van der Waals surface area contributed by atoms with Gasteiger partial charge in [0.25, 0.3) is 0 Å². The van der Waals surface area contributed by atoms with Gasteiger partial charge in [-0.05, 0) is 52.9 Å². The van der Waals surface area contributed by atoms with E-state index in [1.165, 1.54) is 25.7 Å². The lowest BCUT2D eigenvalue weighted by Gasteiger charge is -2.14. The van der Waals surface area contributed by atoms with E-state index in [1.54, 1.807) is 0 Å². The summed E-state index contributed by atoms with van der Waals surface area (Å²) in [6.07, 6.45) is 7.26. The van der Waals surface area contributed by atoms with E-state index < -0.39 is 0 Å². The number of hydrogen-bond donors (Lipinski definition) is 2. The fraction of sp³-hybridized carbons (Fsp3) is 0.400. The maximum atomic E-state index is 6.02. The second-order valence-electron chi connectivity index (χ2n) is 5.28. The van der Waals surface area contributed by atoms with Crippen LogP contribution in [0.2, 0.25) is 0 Å². The fourth-order valence-corrected chi connectivity index (χ4v) is 3.16. The third-order valence-electron chi connectivity index (χ3n) is 3.91. The van der Waals surface area contributed by atoms with Crippen molar-refractivity contribution in [2.24, 2.45) is 5.92 Å². The van der Waals surface area contributed by atoms with Crippen molar-refractivity contribution >= 4 is 38.2 Å². The molecule has 0 unspecified atom stereocenters. The standard InChI is InChI=1S/C15H18BrN3/c16-11-7-12-13(17)5-6-14(15(12)19-9-11)18-8-10-3-1-2-4-10/h5-7,9-10,18H,1-4,8,17H2. The first-order valence-electron chi connectivity index (χ1n) is 6.81. The Balaban J connectivity index is 1.88. The number of anilines is 2. The third kappa shape index (κ3) is 2.68. The quantitative estimate of drug-likeness (QED) is 0.834. The van der Waals surface area contributed by atoms with E-state index in [1.807, 2.05) is 24.4 Å². The molecule has 1 heterocycles. The summed E-state index contributed by atoms with van der Waals surface area (Å²) in [5.74, 6) is 0.808. The summed E-state index contributed by atoms with van der Waals surface area (Å²) in [6, 6.07) is 6.01. The maximum absolute atomic E-state index is 6.02. The minimum absolute atomic E-state index is 0.773. The molecule has 3 N–H and O–H groups in total. The molecule has 0 aliphatic heterocycles. The highest BCUT2D eigenvalue weighted by Crippen LogP contribution is 2.30. The zero-order valence-corrected chi connectivity index (χ0v) is 12.4. The van der Waals surface area contributed by atoms with Gasteiger partial charge in [-0.2, -0.15) is 0 Å². The zero-order valence-electron chi connectivity index (χ0n) is 10.8. The van der Waals surface area contributed by atoms with Crippen LogP contribution in [0, 0.1) is 5.92 Å². The van der Waals surface area contributed by atoms with Gasteiger partial charge in [0.1, 0.15) is 0 Å². The molecular weight excluding hydrogens is 302 g/mol. The van der Waals surface area contributed by atoms with Crippen LogP contribution >= 0.6 is 15.9 Å². The van der Waals surface area contributed by atoms with Crippen LogP contribution in [0.3, 0.4) is 0 Å². The Hall–Kier alpha value is -1.29. The van der Waals surface area contributed by atoms with Gasteiger partial charge in [0.2, 0.25) is 0 Å². The molecule has 1 aromatic heterocycles. The van der Waals surface area contributed by atoms with Gasteiger partial charge in [-0.1, -0.05) is 12.8 Å². The van der Waals surface area contributed by atoms with Crippen molar-refractivity contribution in [1.29, 1.82) is 0 Å². The van der Waals surface area contributed by atoms with Crippen LogP contribution in [0.5, 0.6) is 0 Å². The average Bonchev–Trinajstić information content (AvgIpc) is 2.92. The van der Waals surface area contributed by atoms with Crippen molar-refractivity contribution in [2.75, 3.05) is 17.6 Å². The van der Waals surface area contributed by atoms with Crippen LogP contribution in [0.15, 0.2) is 28.9 Å². The van der Waals surface area contributed by atoms with Crippen LogP contribution in [0.4, 0.5) is 11.4 Å². The van der Waals surface area contributed by atoms with E-state index in [0.29, 0.717) is 0 Å². The predicted octanol–water partition coefficient (Wildman–Crippen LogP) is 4.18. The summed E-state index contributed by atoms with van der Waals surface area (Å²) < 4.78 is 0.958. The van der Waals surface area contributed by atoms with Crippen molar-refractivity contribution in [1.82, 2.24) is 4.98 Å².